The average molecular weight is 247 g/mol. The fourth-order valence-corrected chi connectivity index (χ4v) is 2.47. The van der Waals surface area contributed by atoms with Gasteiger partial charge in [-0.25, -0.2) is 0 Å². The highest BCUT2D eigenvalue weighted by Gasteiger charge is 2.30. The highest BCUT2D eigenvalue weighted by atomic mass is 16.5. The molecule has 2 nitrogen and oxygen atoms in total. The number of nitrogens with one attached hydrogen (secondary N) is 1. The molecule has 0 aromatic heterocycles. The summed E-state index contributed by atoms with van der Waals surface area (Å²) in [6.45, 7) is 8.56. The molecule has 18 heavy (non-hydrogen) atoms. The van der Waals surface area contributed by atoms with Crippen LogP contribution in [0.1, 0.15) is 45.6 Å². The zero-order chi connectivity index (χ0) is 13.0. The minimum atomic E-state index is 0.238. The molecule has 0 radical (unpaired) electrons. The molecule has 0 unspecified atom stereocenters. The first-order chi connectivity index (χ1) is 8.57. The van der Waals surface area contributed by atoms with Gasteiger partial charge in [-0.2, -0.15) is 0 Å². The maximum Gasteiger partial charge on any atom is 0.120 e. The second kappa shape index (κ2) is 5.75. The molecule has 1 N–H and O–H groups in total. The summed E-state index contributed by atoms with van der Waals surface area (Å²) in [7, 11) is 0. The smallest absolute Gasteiger partial charge is 0.120 e. The molecule has 0 atom stereocenters. The average Bonchev–Trinajstić information content (AvgIpc) is 2.26. The van der Waals surface area contributed by atoms with Gasteiger partial charge in [0.1, 0.15) is 5.75 Å². The van der Waals surface area contributed by atoms with Gasteiger partial charge in [0.15, 0.2) is 0 Å². The fraction of sp³-hybridized carbons (Fsp3) is 0.625. The lowest BCUT2D eigenvalue weighted by Crippen LogP contribution is -2.36. The van der Waals surface area contributed by atoms with Gasteiger partial charge >= 0.3 is 0 Å². The maximum atomic E-state index is 5.71. The molecule has 1 aliphatic carbocycles. The summed E-state index contributed by atoms with van der Waals surface area (Å²) in [6, 6.07) is 8.38. The molecule has 2 heteroatoms. The van der Waals surface area contributed by atoms with Crippen molar-refractivity contribution in [3.63, 3.8) is 0 Å². The largest absolute Gasteiger partial charge is 0.491 e. The zero-order valence-corrected chi connectivity index (χ0v) is 11.8. The van der Waals surface area contributed by atoms with E-state index in [9.17, 15) is 0 Å². The molecule has 0 bridgehead atoms. The van der Waals surface area contributed by atoms with Crippen molar-refractivity contribution in [3.8, 4) is 5.75 Å². The van der Waals surface area contributed by atoms with E-state index in [0.29, 0.717) is 5.41 Å². The Bertz CT molecular complexity index is 382. The van der Waals surface area contributed by atoms with Crippen LogP contribution in [0.4, 0.5) is 0 Å². The second-order valence-corrected chi connectivity index (χ2v) is 6.08. The molecule has 0 heterocycles. The molecule has 0 spiro atoms. The van der Waals surface area contributed by atoms with Crippen molar-refractivity contribution < 1.29 is 4.74 Å². The van der Waals surface area contributed by atoms with Gasteiger partial charge in [0.25, 0.3) is 0 Å². The first-order valence-corrected chi connectivity index (χ1v) is 7.04. The van der Waals surface area contributed by atoms with Crippen LogP contribution in [0.25, 0.3) is 0 Å². The zero-order valence-electron chi connectivity index (χ0n) is 11.8. The van der Waals surface area contributed by atoms with Crippen molar-refractivity contribution in [2.45, 2.75) is 52.7 Å². The molecule has 1 aromatic carbocycles. The number of hydrogen-bond donors (Lipinski definition) is 1. The van der Waals surface area contributed by atoms with Crippen molar-refractivity contribution in [1.29, 1.82) is 0 Å². The van der Waals surface area contributed by atoms with Crippen molar-refractivity contribution in [2.75, 3.05) is 6.54 Å². The van der Waals surface area contributed by atoms with Crippen LogP contribution in [-0.2, 0) is 6.54 Å². The monoisotopic (exact) mass is 247 g/mol. The van der Waals surface area contributed by atoms with Crippen LogP contribution in [-0.4, -0.2) is 12.6 Å². The highest BCUT2D eigenvalue weighted by molar-refractivity contribution is 5.28. The van der Waals surface area contributed by atoms with Crippen LogP contribution in [0.5, 0.6) is 5.75 Å². The SMILES string of the molecule is CC(C)Oc1cccc(CNCC2(C)CCC2)c1. The molecule has 100 valence electrons. The van der Waals surface area contributed by atoms with E-state index in [1.807, 2.05) is 6.07 Å². The Morgan fingerprint density at radius 3 is 2.72 bits per heavy atom. The van der Waals surface area contributed by atoms with Crippen molar-refractivity contribution >= 4 is 0 Å². The maximum absolute atomic E-state index is 5.71. The third-order valence-electron chi connectivity index (χ3n) is 3.71. The molecule has 1 saturated carbocycles. The van der Waals surface area contributed by atoms with E-state index in [1.54, 1.807) is 0 Å². The number of hydrogen-bond acceptors (Lipinski definition) is 2. The Labute approximate surface area is 111 Å². The van der Waals surface area contributed by atoms with Gasteiger partial charge in [0.2, 0.25) is 0 Å². The first kappa shape index (κ1) is 13.4. The Morgan fingerprint density at radius 1 is 1.33 bits per heavy atom. The van der Waals surface area contributed by atoms with E-state index in [4.69, 9.17) is 4.74 Å². The van der Waals surface area contributed by atoms with Crippen molar-refractivity contribution in [1.82, 2.24) is 5.32 Å². The molecule has 0 amide bonds. The van der Waals surface area contributed by atoms with Crippen molar-refractivity contribution in [3.05, 3.63) is 29.8 Å². The molecular weight excluding hydrogens is 222 g/mol. The summed E-state index contributed by atoms with van der Waals surface area (Å²) in [5.41, 5.74) is 1.85. The fourth-order valence-electron chi connectivity index (χ4n) is 2.47. The molecule has 1 fully saturated rings. The summed E-state index contributed by atoms with van der Waals surface area (Å²) in [5, 5.41) is 3.57. The minimum Gasteiger partial charge on any atom is -0.491 e. The summed E-state index contributed by atoms with van der Waals surface area (Å²) in [4.78, 5) is 0. The molecule has 2 rings (SSSR count). The molecule has 1 aliphatic rings. The summed E-state index contributed by atoms with van der Waals surface area (Å²) < 4.78 is 5.71. The van der Waals surface area contributed by atoms with E-state index >= 15 is 0 Å². The summed E-state index contributed by atoms with van der Waals surface area (Å²) >= 11 is 0. The van der Waals surface area contributed by atoms with Crippen LogP contribution in [0.3, 0.4) is 0 Å². The van der Waals surface area contributed by atoms with E-state index in [0.717, 1.165) is 18.8 Å². The quantitative estimate of drug-likeness (QED) is 0.826. The van der Waals surface area contributed by atoms with E-state index in [-0.39, 0.29) is 6.10 Å². The van der Waals surface area contributed by atoms with Gasteiger partial charge in [-0.3, -0.25) is 0 Å². The lowest BCUT2D eigenvalue weighted by atomic mass is 9.70. The minimum absolute atomic E-state index is 0.238. The molecule has 0 saturated heterocycles. The highest BCUT2D eigenvalue weighted by Crippen LogP contribution is 2.39. The number of rotatable bonds is 6. The van der Waals surface area contributed by atoms with Gasteiger partial charge in [-0.05, 0) is 49.8 Å². The third kappa shape index (κ3) is 3.74. The van der Waals surface area contributed by atoms with Gasteiger partial charge in [-0.1, -0.05) is 25.5 Å². The normalized spacial score (nSPS) is 17.6. The Morgan fingerprint density at radius 2 is 2.11 bits per heavy atom. The van der Waals surface area contributed by atoms with E-state index in [2.05, 4.69) is 44.3 Å². The number of benzene rings is 1. The predicted molar refractivity (Wildman–Crippen MR) is 75.9 cm³/mol. The van der Waals surface area contributed by atoms with E-state index < -0.39 is 0 Å². The molecule has 0 aliphatic heterocycles. The van der Waals surface area contributed by atoms with Crippen LogP contribution >= 0.6 is 0 Å². The van der Waals surface area contributed by atoms with Gasteiger partial charge < -0.3 is 10.1 Å². The van der Waals surface area contributed by atoms with Crippen molar-refractivity contribution in [2.24, 2.45) is 5.41 Å². The summed E-state index contributed by atoms with van der Waals surface area (Å²) in [5.74, 6) is 0.971. The molecule has 1 aromatic rings. The molecular formula is C16H25NO. The van der Waals surface area contributed by atoms with Gasteiger partial charge in [0, 0.05) is 13.1 Å². The Hall–Kier alpha value is -1.02. The second-order valence-electron chi connectivity index (χ2n) is 6.08. The lowest BCUT2D eigenvalue weighted by Gasteiger charge is -2.38. The van der Waals surface area contributed by atoms with Crippen LogP contribution < -0.4 is 10.1 Å². The first-order valence-electron chi connectivity index (χ1n) is 7.04. The topological polar surface area (TPSA) is 21.3 Å². The van der Waals surface area contributed by atoms with Gasteiger partial charge in [0.05, 0.1) is 6.10 Å². The van der Waals surface area contributed by atoms with Crippen LogP contribution in [0, 0.1) is 5.41 Å². The standard InChI is InChI=1S/C16H25NO/c1-13(2)18-15-7-4-6-14(10-15)11-17-12-16(3)8-5-9-16/h4,6-7,10,13,17H,5,8-9,11-12H2,1-3H3. The van der Waals surface area contributed by atoms with Crippen LogP contribution in [0.2, 0.25) is 0 Å². The lowest BCUT2D eigenvalue weighted by molar-refractivity contribution is 0.156. The van der Waals surface area contributed by atoms with Crippen LogP contribution in [0.15, 0.2) is 24.3 Å². The van der Waals surface area contributed by atoms with Gasteiger partial charge in [-0.15, -0.1) is 0 Å². The summed E-state index contributed by atoms with van der Waals surface area (Å²) in [6.07, 6.45) is 4.38. The Balaban J connectivity index is 1.81. The third-order valence-corrected chi connectivity index (χ3v) is 3.71. The predicted octanol–water partition coefficient (Wildman–Crippen LogP) is 3.75. The van der Waals surface area contributed by atoms with E-state index in [1.165, 1.54) is 24.8 Å². The number of ether oxygens (including phenoxy) is 1. The Kier molecular flexibility index (Phi) is 4.28.